The molecule has 6 aromatic rings. The molecule has 0 saturated heterocycles. The summed E-state index contributed by atoms with van der Waals surface area (Å²) in [5.41, 5.74) is 3.44. The summed E-state index contributed by atoms with van der Waals surface area (Å²) in [6.45, 7) is 0. The fraction of sp³-hybridized carbons (Fsp3) is 0. The van der Waals surface area contributed by atoms with Crippen LogP contribution in [0.25, 0.3) is 48.9 Å². The van der Waals surface area contributed by atoms with E-state index in [1.54, 1.807) is 0 Å². The average Bonchev–Trinajstić information content (AvgIpc) is 3.17. The van der Waals surface area contributed by atoms with Crippen LogP contribution in [0.2, 0.25) is 0 Å². The topological polar surface area (TPSA) is 17.3 Å². The van der Waals surface area contributed by atoms with Gasteiger partial charge >= 0.3 is 0 Å². The number of aromatic nitrogens is 2. The number of pyridine rings is 2. The van der Waals surface area contributed by atoms with Gasteiger partial charge in [0, 0.05) is 23.2 Å². The maximum atomic E-state index is 4.68. The summed E-state index contributed by atoms with van der Waals surface area (Å²) >= 11 is 0. The molecule has 0 radical (unpaired) electrons. The van der Waals surface area contributed by atoms with E-state index in [9.17, 15) is 0 Å². The number of benzene rings is 3. The van der Waals surface area contributed by atoms with Gasteiger partial charge in [-0.05, 0) is 45.8 Å². The Bertz CT molecular complexity index is 1440. The fourth-order valence-corrected chi connectivity index (χ4v) is 4.16. The summed E-state index contributed by atoms with van der Waals surface area (Å²) in [7, 11) is 0. The summed E-state index contributed by atoms with van der Waals surface area (Å²) < 4.78 is 2.25. The maximum absolute atomic E-state index is 4.68. The van der Waals surface area contributed by atoms with Crippen LogP contribution in [0.3, 0.4) is 0 Å². The van der Waals surface area contributed by atoms with Gasteiger partial charge in [0.2, 0.25) is 0 Å². The van der Waals surface area contributed by atoms with Crippen molar-refractivity contribution in [1.82, 2.24) is 9.38 Å². The lowest BCUT2D eigenvalue weighted by molar-refractivity contribution is 1.27. The van der Waals surface area contributed by atoms with Crippen molar-refractivity contribution in [2.75, 3.05) is 0 Å². The van der Waals surface area contributed by atoms with E-state index in [-0.39, 0.29) is 0 Å². The molecule has 0 unspecified atom stereocenters. The van der Waals surface area contributed by atoms with Crippen LogP contribution >= 0.6 is 0 Å². The molecule has 6 rings (SSSR count). The molecule has 116 valence electrons. The molecule has 0 N–H and O–H groups in total. The molecule has 25 heavy (non-hydrogen) atoms. The highest BCUT2D eigenvalue weighted by molar-refractivity contribution is 6.25. The van der Waals surface area contributed by atoms with Gasteiger partial charge in [0.25, 0.3) is 0 Å². The van der Waals surface area contributed by atoms with Crippen molar-refractivity contribution in [3.8, 4) is 0 Å². The largest absolute Gasteiger partial charge is 0.314 e. The Kier molecular flexibility index (Phi) is 2.37. The zero-order valence-corrected chi connectivity index (χ0v) is 13.5. The van der Waals surface area contributed by atoms with Crippen molar-refractivity contribution in [3.63, 3.8) is 0 Å². The predicted octanol–water partition coefficient (Wildman–Crippen LogP) is 5.95. The smallest absolute Gasteiger partial charge is 0.0949 e. The van der Waals surface area contributed by atoms with Gasteiger partial charge < -0.3 is 4.40 Å². The molecule has 0 bridgehead atoms. The molecule has 2 nitrogen and oxygen atoms in total. The number of fused-ring (bicyclic) bond motifs is 10. The second kappa shape index (κ2) is 4.58. The number of rotatable bonds is 0. The lowest BCUT2D eigenvalue weighted by atomic mass is 9.96. The van der Waals surface area contributed by atoms with Crippen molar-refractivity contribution in [1.29, 1.82) is 0 Å². The Morgan fingerprint density at radius 3 is 2.48 bits per heavy atom. The highest BCUT2D eigenvalue weighted by Crippen LogP contribution is 2.36. The Morgan fingerprint density at radius 1 is 0.600 bits per heavy atom. The van der Waals surface area contributed by atoms with Crippen LogP contribution in [0.15, 0.2) is 85.2 Å². The first-order valence-corrected chi connectivity index (χ1v) is 8.50. The third-order valence-corrected chi connectivity index (χ3v) is 5.23. The van der Waals surface area contributed by atoms with Crippen LogP contribution in [0.1, 0.15) is 0 Å². The molecule has 0 aliphatic rings. The molecule has 0 spiro atoms. The highest BCUT2D eigenvalue weighted by Gasteiger charge is 2.12. The van der Waals surface area contributed by atoms with Crippen molar-refractivity contribution < 1.29 is 0 Å². The van der Waals surface area contributed by atoms with Gasteiger partial charge in [-0.2, -0.15) is 0 Å². The van der Waals surface area contributed by atoms with Gasteiger partial charge in [-0.25, -0.2) is 0 Å². The van der Waals surface area contributed by atoms with Gasteiger partial charge in [-0.15, -0.1) is 0 Å². The first-order chi connectivity index (χ1) is 12.4. The van der Waals surface area contributed by atoms with Crippen molar-refractivity contribution in [2.24, 2.45) is 0 Å². The molecule has 3 heterocycles. The van der Waals surface area contributed by atoms with Crippen LogP contribution in [-0.2, 0) is 0 Å². The van der Waals surface area contributed by atoms with E-state index in [0.717, 1.165) is 11.0 Å². The Morgan fingerprint density at radius 2 is 1.48 bits per heavy atom. The van der Waals surface area contributed by atoms with E-state index >= 15 is 0 Å². The van der Waals surface area contributed by atoms with Gasteiger partial charge in [-0.3, -0.25) is 4.98 Å². The van der Waals surface area contributed by atoms with Gasteiger partial charge in [0.05, 0.1) is 16.6 Å². The number of hydrogen-bond donors (Lipinski definition) is 0. The van der Waals surface area contributed by atoms with E-state index in [4.69, 9.17) is 0 Å². The van der Waals surface area contributed by atoms with Crippen molar-refractivity contribution >= 4 is 48.9 Å². The third kappa shape index (κ3) is 1.61. The lowest BCUT2D eigenvalue weighted by Gasteiger charge is -2.12. The van der Waals surface area contributed by atoms with Crippen LogP contribution in [0.4, 0.5) is 0 Å². The zero-order valence-electron chi connectivity index (χ0n) is 13.5. The summed E-state index contributed by atoms with van der Waals surface area (Å²) in [5, 5.41) is 7.64. The normalized spacial score (nSPS) is 12.0. The molecule has 0 amide bonds. The highest BCUT2D eigenvalue weighted by atomic mass is 14.9. The molecule has 3 aromatic heterocycles. The Labute approximate surface area is 143 Å². The fourth-order valence-electron chi connectivity index (χ4n) is 4.16. The minimum absolute atomic E-state index is 1.06. The van der Waals surface area contributed by atoms with Crippen LogP contribution in [-0.4, -0.2) is 9.38 Å². The van der Waals surface area contributed by atoms with Crippen LogP contribution in [0.5, 0.6) is 0 Å². The minimum atomic E-state index is 1.06. The number of hydrogen-bond acceptors (Lipinski definition) is 1. The monoisotopic (exact) mass is 318 g/mol. The van der Waals surface area contributed by atoms with Crippen LogP contribution in [0, 0.1) is 0 Å². The molecule has 3 aromatic carbocycles. The van der Waals surface area contributed by atoms with E-state index < -0.39 is 0 Å². The third-order valence-electron chi connectivity index (χ3n) is 5.23. The molecule has 0 saturated carbocycles. The molecule has 0 atom stereocenters. The summed E-state index contributed by atoms with van der Waals surface area (Å²) in [5.74, 6) is 0. The molecule has 0 fully saturated rings. The molecule has 2 heteroatoms. The Balaban J connectivity index is 2.00. The summed E-state index contributed by atoms with van der Waals surface area (Å²) in [6.07, 6.45) is 4.00. The second-order valence-corrected chi connectivity index (χ2v) is 6.50. The first kappa shape index (κ1) is 13.0. The molecule has 0 aliphatic carbocycles. The molecular weight excluding hydrogens is 304 g/mol. The molecular formula is C23H14N2. The van der Waals surface area contributed by atoms with E-state index in [2.05, 4.69) is 82.3 Å². The minimum Gasteiger partial charge on any atom is -0.314 e. The zero-order chi connectivity index (χ0) is 16.4. The average molecular weight is 318 g/mol. The quantitative estimate of drug-likeness (QED) is 0.316. The Hall–Kier alpha value is -3.39. The summed E-state index contributed by atoms with van der Waals surface area (Å²) in [6, 6.07) is 26.0. The van der Waals surface area contributed by atoms with E-state index in [1.807, 2.05) is 12.3 Å². The number of nitrogens with zero attached hydrogens (tertiary/aromatic N) is 2. The van der Waals surface area contributed by atoms with Crippen LogP contribution < -0.4 is 0 Å². The van der Waals surface area contributed by atoms with E-state index in [0.29, 0.717) is 0 Å². The van der Waals surface area contributed by atoms with Crippen molar-refractivity contribution in [3.05, 3.63) is 85.2 Å². The first-order valence-electron chi connectivity index (χ1n) is 8.50. The standard InChI is InChI=1S/C23H14N2/c1-2-6-16-15(5-1)9-10-18-17(16)11-12-20-22(18)19-7-3-13-24-23(19)21-8-4-14-25(20)21/h1-14H. The molecule has 0 aliphatic heterocycles. The maximum Gasteiger partial charge on any atom is 0.0949 e. The van der Waals surface area contributed by atoms with Gasteiger partial charge in [0.15, 0.2) is 0 Å². The van der Waals surface area contributed by atoms with Gasteiger partial charge in [-0.1, -0.05) is 48.5 Å². The van der Waals surface area contributed by atoms with E-state index in [1.165, 1.54) is 37.8 Å². The SMILES string of the molecule is c1ccc2c(c1)ccc1c2ccc2c1c1cccnc1c1cccn12. The lowest BCUT2D eigenvalue weighted by Crippen LogP contribution is -1.92. The predicted molar refractivity (Wildman–Crippen MR) is 105 cm³/mol. The van der Waals surface area contributed by atoms with Gasteiger partial charge in [0.1, 0.15) is 0 Å². The summed E-state index contributed by atoms with van der Waals surface area (Å²) in [4.78, 5) is 4.68. The second-order valence-electron chi connectivity index (χ2n) is 6.50. The van der Waals surface area contributed by atoms with Crippen molar-refractivity contribution in [2.45, 2.75) is 0 Å².